The summed E-state index contributed by atoms with van der Waals surface area (Å²) in [6.07, 6.45) is 0.794. The highest BCUT2D eigenvalue weighted by Gasteiger charge is 2.42. The number of benzene rings is 3. The Bertz CT molecular complexity index is 1550. The van der Waals surface area contributed by atoms with Crippen molar-refractivity contribution in [1.29, 1.82) is 0 Å². The number of hydrogen-bond acceptors (Lipinski definition) is 6. The quantitative estimate of drug-likeness (QED) is 0.184. The zero-order chi connectivity index (χ0) is 29.8. The first-order chi connectivity index (χ1) is 20.3. The van der Waals surface area contributed by atoms with Crippen LogP contribution in [0.5, 0.6) is 17.2 Å². The summed E-state index contributed by atoms with van der Waals surface area (Å²) in [7, 11) is 0. The molecule has 220 valence electrons. The highest BCUT2D eigenvalue weighted by molar-refractivity contribution is 6.00. The molecule has 1 unspecified atom stereocenters. The fourth-order valence-electron chi connectivity index (χ4n) is 5.49. The minimum absolute atomic E-state index is 0.114. The number of hydrogen-bond donors (Lipinski definition) is 2. The molecule has 0 saturated heterocycles. The van der Waals surface area contributed by atoms with Gasteiger partial charge >= 0.3 is 0 Å². The Morgan fingerprint density at radius 2 is 1.81 bits per heavy atom. The monoisotopic (exact) mass is 569 g/mol. The number of aryl methyl sites for hydroxylation is 2. The van der Waals surface area contributed by atoms with E-state index in [9.17, 15) is 9.90 Å². The van der Waals surface area contributed by atoms with E-state index < -0.39 is 6.04 Å². The van der Waals surface area contributed by atoms with Crippen molar-refractivity contribution in [2.45, 2.75) is 59.8 Å². The van der Waals surface area contributed by atoms with E-state index in [1.807, 2.05) is 100 Å². The van der Waals surface area contributed by atoms with E-state index in [4.69, 9.17) is 14.2 Å². The Morgan fingerprint density at radius 1 is 1.02 bits per heavy atom. The van der Waals surface area contributed by atoms with Crippen LogP contribution in [0.3, 0.4) is 0 Å². The van der Waals surface area contributed by atoms with Crippen molar-refractivity contribution in [2.75, 3.05) is 19.8 Å². The lowest BCUT2D eigenvalue weighted by Gasteiger charge is -2.27. The number of carbonyl (C=O) groups excluding carboxylic acids is 1. The predicted molar refractivity (Wildman–Crippen MR) is 162 cm³/mol. The molecule has 1 amide bonds. The lowest BCUT2D eigenvalue weighted by Crippen LogP contribution is -2.31. The van der Waals surface area contributed by atoms with Crippen LogP contribution in [0.4, 0.5) is 0 Å². The van der Waals surface area contributed by atoms with Crippen LogP contribution in [0, 0.1) is 13.8 Å². The maximum absolute atomic E-state index is 13.8. The molecule has 3 aromatic carbocycles. The standard InChI is InChI=1S/C34H39N3O5/c1-6-40-28-19-25(13-14-27(28)42-20-24-11-8-7-9-12-24)32-29-30(26-18-22(4)17-23(5)33(26)38)35-36-31(29)34(39)37(32)15-10-16-41-21(2)3/h7-9,11-14,17-19,21,32,38H,6,10,15-16,20H2,1-5H3,(H,35,36). The number of amides is 1. The minimum atomic E-state index is -0.442. The Labute approximate surface area is 247 Å². The third-order valence-electron chi connectivity index (χ3n) is 7.38. The lowest BCUT2D eigenvalue weighted by atomic mass is 9.94. The number of aromatic amines is 1. The highest BCUT2D eigenvalue weighted by Crippen LogP contribution is 2.46. The number of H-pyrrole nitrogens is 1. The van der Waals surface area contributed by atoms with E-state index in [0.717, 1.165) is 27.8 Å². The summed E-state index contributed by atoms with van der Waals surface area (Å²) in [5, 5.41) is 18.6. The molecule has 2 heterocycles. The third-order valence-corrected chi connectivity index (χ3v) is 7.38. The third kappa shape index (κ3) is 5.99. The van der Waals surface area contributed by atoms with Gasteiger partial charge in [0.15, 0.2) is 11.5 Å². The highest BCUT2D eigenvalue weighted by atomic mass is 16.5. The second kappa shape index (κ2) is 12.7. The smallest absolute Gasteiger partial charge is 0.273 e. The molecular weight excluding hydrogens is 530 g/mol. The largest absolute Gasteiger partial charge is 0.507 e. The van der Waals surface area contributed by atoms with Crippen molar-refractivity contribution in [1.82, 2.24) is 15.1 Å². The van der Waals surface area contributed by atoms with Gasteiger partial charge in [0.2, 0.25) is 0 Å². The molecule has 8 nitrogen and oxygen atoms in total. The molecule has 2 N–H and O–H groups in total. The number of nitrogens with one attached hydrogen (secondary N) is 1. The summed E-state index contributed by atoms with van der Waals surface area (Å²) in [5.74, 6) is 1.26. The second-order valence-corrected chi connectivity index (χ2v) is 10.9. The number of ether oxygens (including phenoxy) is 3. The molecule has 0 fully saturated rings. The van der Waals surface area contributed by atoms with Crippen molar-refractivity contribution >= 4 is 5.91 Å². The topological polar surface area (TPSA) is 96.9 Å². The fourth-order valence-corrected chi connectivity index (χ4v) is 5.49. The van der Waals surface area contributed by atoms with E-state index in [0.29, 0.717) is 61.2 Å². The minimum Gasteiger partial charge on any atom is -0.507 e. The second-order valence-electron chi connectivity index (χ2n) is 10.9. The van der Waals surface area contributed by atoms with Gasteiger partial charge in [-0.3, -0.25) is 9.89 Å². The number of phenolic OH excluding ortho intramolecular Hbond substituents is 1. The van der Waals surface area contributed by atoms with Crippen molar-refractivity contribution in [2.24, 2.45) is 0 Å². The van der Waals surface area contributed by atoms with Crippen molar-refractivity contribution in [3.63, 3.8) is 0 Å². The van der Waals surface area contributed by atoms with E-state index >= 15 is 0 Å². The molecule has 0 bridgehead atoms. The Balaban J connectivity index is 1.56. The van der Waals surface area contributed by atoms with Crippen LogP contribution in [0.15, 0.2) is 60.7 Å². The van der Waals surface area contributed by atoms with Crippen molar-refractivity contribution in [3.05, 3.63) is 94.2 Å². The van der Waals surface area contributed by atoms with Gasteiger partial charge in [-0.05, 0) is 81.5 Å². The Hall–Kier alpha value is -4.30. The molecule has 0 aliphatic carbocycles. The van der Waals surface area contributed by atoms with Gasteiger partial charge in [-0.1, -0.05) is 42.5 Å². The van der Waals surface area contributed by atoms with Crippen LogP contribution in [-0.2, 0) is 11.3 Å². The van der Waals surface area contributed by atoms with Gasteiger partial charge in [0.1, 0.15) is 23.7 Å². The van der Waals surface area contributed by atoms with Crippen LogP contribution in [0.25, 0.3) is 11.3 Å². The first-order valence-electron chi connectivity index (χ1n) is 14.5. The molecule has 1 aliphatic rings. The Morgan fingerprint density at radius 3 is 2.55 bits per heavy atom. The van der Waals surface area contributed by atoms with Gasteiger partial charge < -0.3 is 24.2 Å². The van der Waals surface area contributed by atoms with Crippen LogP contribution >= 0.6 is 0 Å². The first-order valence-corrected chi connectivity index (χ1v) is 14.5. The van der Waals surface area contributed by atoms with Gasteiger partial charge in [-0.15, -0.1) is 0 Å². The zero-order valence-corrected chi connectivity index (χ0v) is 24.9. The van der Waals surface area contributed by atoms with Crippen molar-refractivity contribution in [3.8, 4) is 28.5 Å². The molecule has 0 saturated carbocycles. The molecule has 0 spiro atoms. The van der Waals surface area contributed by atoms with Gasteiger partial charge in [-0.2, -0.15) is 5.10 Å². The summed E-state index contributed by atoms with van der Waals surface area (Å²) in [5.41, 5.74) is 6.01. The number of aromatic nitrogens is 2. The van der Waals surface area contributed by atoms with E-state index in [1.54, 1.807) is 0 Å². The lowest BCUT2D eigenvalue weighted by molar-refractivity contribution is 0.0601. The molecule has 1 atom stereocenters. The maximum Gasteiger partial charge on any atom is 0.273 e. The summed E-state index contributed by atoms with van der Waals surface area (Å²) in [6.45, 7) is 11.7. The maximum atomic E-state index is 13.8. The van der Waals surface area contributed by atoms with Gasteiger partial charge in [-0.25, -0.2) is 0 Å². The molecule has 42 heavy (non-hydrogen) atoms. The average molecular weight is 570 g/mol. The molecule has 4 aromatic rings. The fraction of sp³-hybridized carbons (Fsp3) is 0.353. The molecule has 1 aromatic heterocycles. The number of nitrogens with zero attached hydrogens (tertiary/aromatic N) is 2. The summed E-state index contributed by atoms with van der Waals surface area (Å²) >= 11 is 0. The van der Waals surface area contributed by atoms with Crippen LogP contribution in [0.1, 0.15) is 71.5 Å². The number of phenols is 1. The molecule has 8 heteroatoms. The van der Waals surface area contributed by atoms with Crippen LogP contribution < -0.4 is 9.47 Å². The van der Waals surface area contributed by atoms with Crippen LogP contribution in [0.2, 0.25) is 0 Å². The number of carbonyl (C=O) groups is 1. The van der Waals surface area contributed by atoms with E-state index in [2.05, 4.69) is 10.2 Å². The molecular formula is C34H39N3O5. The van der Waals surface area contributed by atoms with Crippen molar-refractivity contribution < 1.29 is 24.1 Å². The van der Waals surface area contributed by atoms with Gasteiger partial charge in [0.05, 0.1) is 18.8 Å². The zero-order valence-electron chi connectivity index (χ0n) is 24.9. The van der Waals surface area contributed by atoms with E-state index in [-0.39, 0.29) is 17.8 Å². The Kier molecular flexibility index (Phi) is 8.83. The molecule has 0 radical (unpaired) electrons. The summed E-state index contributed by atoms with van der Waals surface area (Å²) < 4.78 is 18.0. The normalized spacial score (nSPS) is 14.5. The number of aromatic hydroxyl groups is 1. The number of fused-ring (bicyclic) bond motifs is 1. The van der Waals surface area contributed by atoms with Gasteiger partial charge in [0, 0.05) is 24.3 Å². The first kappa shape index (κ1) is 29.2. The van der Waals surface area contributed by atoms with Crippen LogP contribution in [-0.4, -0.2) is 52.0 Å². The van der Waals surface area contributed by atoms with Gasteiger partial charge in [0.25, 0.3) is 5.91 Å². The summed E-state index contributed by atoms with van der Waals surface area (Å²) in [4.78, 5) is 15.7. The molecule has 5 rings (SSSR count). The van der Waals surface area contributed by atoms with E-state index in [1.165, 1.54) is 0 Å². The summed E-state index contributed by atoms with van der Waals surface area (Å²) in [6, 6.07) is 19.2. The predicted octanol–water partition coefficient (Wildman–Crippen LogP) is 6.74. The SMILES string of the molecule is CCOc1cc(C2c3c(-c4cc(C)cc(C)c4O)n[nH]c3C(=O)N2CCCOC(C)C)ccc1OCc1ccccc1. The average Bonchev–Trinajstić information content (AvgIpc) is 3.51. The molecule has 1 aliphatic heterocycles. The number of rotatable bonds is 12.